The summed E-state index contributed by atoms with van der Waals surface area (Å²) < 4.78 is 14.3. The molecule has 1 aromatic heterocycles. The standard InChI is InChI=1S/C14H16FN3O2S/c1-18(2)10(19)6-7-17-14(20)13-12(16)11-8(15)4-3-5-9(11)21-13/h3-5H,6-7,16H2,1-2H3,(H,17,20). The highest BCUT2D eigenvalue weighted by molar-refractivity contribution is 7.21. The monoisotopic (exact) mass is 309 g/mol. The van der Waals surface area contributed by atoms with Crippen LogP contribution < -0.4 is 11.1 Å². The second-order valence-corrected chi connectivity index (χ2v) is 5.80. The second-order valence-electron chi connectivity index (χ2n) is 4.75. The van der Waals surface area contributed by atoms with Crippen LogP contribution in [0.4, 0.5) is 10.1 Å². The summed E-state index contributed by atoms with van der Waals surface area (Å²) >= 11 is 1.14. The molecule has 0 aliphatic heterocycles. The molecule has 2 amide bonds. The van der Waals surface area contributed by atoms with Crippen LogP contribution in [0.2, 0.25) is 0 Å². The molecule has 7 heteroatoms. The number of amides is 2. The Morgan fingerprint density at radius 3 is 2.71 bits per heavy atom. The first-order chi connectivity index (χ1) is 9.91. The fourth-order valence-electron chi connectivity index (χ4n) is 1.88. The SMILES string of the molecule is CN(C)C(=O)CCNC(=O)c1sc2cccc(F)c2c1N. The molecule has 21 heavy (non-hydrogen) atoms. The lowest BCUT2D eigenvalue weighted by Gasteiger charge is -2.10. The molecule has 0 saturated heterocycles. The van der Waals surface area contributed by atoms with Gasteiger partial charge in [-0.2, -0.15) is 0 Å². The number of benzene rings is 1. The van der Waals surface area contributed by atoms with Crippen LogP contribution in [0.5, 0.6) is 0 Å². The van der Waals surface area contributed by atoms with Gasteiger partial charge >= 0.3 is 0 Å². The van der Waals surface area contributed by atoms with E-state index in [1.54, 1.807) is 26.2 Å². The molecule has 0 bridgehead atoms. The zero-order chi connectivity index (χ0) is 15.6. The van der Waals surface area contributed by atoms with Crippen molar-refractivity contribution in [1.29, 1.82) is 0 Å². The number of hydrogen-bond donors (Lipinski definition) is 2. The van der Waals surface area contributed by atoms with Gasteiger partial charge in [-0.05, 0) is 12.1 Å². The molecule has 3 N–H and O–H groups in total. The normalized spacial score (nSPS) is 10.6. The van der Waals surface area contributed by atoms with Crippen LogP contribution in [0.3, 0.4) is 0 Å². The number of carbonyl (C=O) groups is 2. The maximum atomic E-state index is 13.7. The summed E-state index contributed by atoms with van der Waals surface area (Å²) in [7, 11) is 3.30. The summed E-state index contributed by atoms with van der Waals surface area (Å²) in [5, 5.41) is 2.90. The molecule has 0 atom stereocenters. The average Bonchev–Trinajstić information content (AvgIpc) is 2.77. The Kier molecular flexibility index (Phi) is 4.42. The Morgan fingerprint density at radius 1 is 1.38 bits per heavy atom. The number of nitrogen functional groups attached to an aromatic ring is 1. The smallest absolute Gasteiger partial charge is 0.263 e. The summed E-state index contributed by atoms with van der Waals surface area (Å²) in [5.41, 5.74) is 6.00. The van der Waals surface area contributed by atoms with E-state index in [0.717, 1.165) is 11.3 Å². The van der Waals surface area contributed by atoms with Gasteiger partial charge in [0.1, 0.15) is 10.7 Å². The molecule has 0 aliphatic rings. The van der Waals surface area contributed by atoms with Gasteiger partial charge in [-0.1, -0.05) is 6.07 Å². The summed E-state index contributed by atoms with van der Waals surface area (Å²) in [5.74, 6) is -0.909. The van der Waals surface area contributed by atoms with Gasteiger partial charge in [0.05, 0.1) is 11.1 Å². The van der Waals surface area contributed by atoms with E-state index in [0.29, 0.717) is 4.70 Å². The van der Waals surface area contributed by atoms with Crippen LogP contribution in [0.25, 0.3) is 10.1 Å². The zero-order valence-corrected chi connectivity index (χ0v) is 12.6. The Labute approximate surface area is 125 Å². The average molecular weight is 309 g/mol. The number of anilines is 1. The second kappa shape index (κ2) is 6.09. The molecule has 112 valence electrons. The maximum Gasteiger partial charge on any atom is 0.263 e. The van der Waals surface area contributed by atoms with Gasteiger partial charge in [0.25, 0.3) is 5.91 Å². The highest BCUT2D eigenvalue weighted by Gasteiger charge is 2.18. The van der Waals surface area contributed by atoms with Crippen LogP contribution >= 0.6 is 11.3 Å². The van der Waals surface area contributed by atoms with Crippen molar-refractivity contribution < 1.29 is 14.0 Å². The van der Waals surface area contributed by atoms with Crippen LogP contribution in [-0.4, -0.2) is 37.4 Å². The molecular weight excluding hydrogens is 293 g/mol. The zero-order valence-electron chi connectivity index (χ0n) is 11.8. The first-order valence-corrected chi connectivity index (χ1v) is 7.18. The van der Waals surface area contributed by atoms with Crippen LogP contribution in [0, 0.1) is 5.82 Å². The molecule has 1 heterocycles. The Balaban J connectivity index is 2.12. The lowest BCUT2D eigenvalue weighted by Crippen LogP contribution is -2.30. The molecule has 0 unspecified atom stereocenters. The molecule has 0 fully saturated rings. The molecule has 2 rings (SSSR count). The number of nitrogens with two attached hydrogens (primary N) is 1. The number of hydrogen-bond acceptors (Lipinski definition) is 4. The minimum Gasteiger partial charge on any atom is -0.397 e. The molecule has 0 aliphatic carbocycles. The lowest BCUT2D eigenvalue weighted by molar-refractivity contribution is -0.128. The quantitative estimate of drug-likeness (QED) is 0.905. The van der Waals surface area contributed by atoms with Crippen molar-refractivity contribution in [2.45, 2.75) is 6.42 Å². The van der Waals surface area contributed by atoms with Crippen molar-refractivity contribution >= 4 is 38.9 Å². The van der Waals surface area contributed by atoms with Crippen molar-refractivity contribution in [2.24, 2.45) is 0 Å². The fourth-order valence-corrected chi connectivity index (χ4v) is 2.94. The number of fused-ring (bicyclic) bond motifs is 1. The van der Waals surface area contributed by atoms with E-state index in [-0.39, 0.29) is 40.7 Å². The minimum atomic E-state index is -0.442. The number of carbonyl (C=O) groups excluding carboxylic acids is 2. The predicted molar refractivity (Wildman–Crippen MR) is 81.8 cm³/mol. The minimum absolute atomic E-state index is 0.0781. The molecule has 0 saturated carbocycles. The molecule has 0 spiro atoms. The molecular formula is C14H16FN3O2S. The number of thiophene rings is 1. The van der Waals surface area contributed by atoms with Gasteiger partial charge in [0.15, 0.2) is 0 Å². The van der Waals surface area contributed by atoms with E-state index < -0.39 is 5.82 Å². The maximum absolute atomic E-state index is 13.7. The van der Waals surface area contributed by atoms with Gasteiger partial charge in [0.2, 0.25) is 5.91 Å². The number of nitrogens with one attached hydrogen (secondary N) is 1. The van der Waals surface area contributed by atoms with Crippen molar-refractivity contribution in [3.05, 3.63) is 28.9 Å². The Hall–Kier alpha value is -2.15. The molecule has 1 aromatic carbocycles. The first-order valence-electron chi connectivity index (χ1n) is 6.36. The molecule has 2 aromatic rings. The summed E-state index contributed by atoms with van der Waals surface area (Å²) in [6.07, 6.45) is 0.206. The van der Waals surface area contributed by atoms with Gasteiger partial charge in [0, 0.05) is 31.8 Å². The van der Waals surface area contributed by atoms with E-state index >= 15 is 0 Å². The van der Waals surface area contributed by atoms with Crippen LogP contribution in [0.1, 0.15) is 16.1 Å². The Bertz CT molecular complexity index is 697. The van der Waals surface area contributed by atoms with Gasteiger partial charge in [-0.15, -0.1) is 11.3 Å². The van der Waals surface area contributed by atoms with Crippen molar-refractivity contribution in [3.8, 4) is 0 Å². The van der Waals surface area contributed by atoms with Crippen molar-refractivity contribution in [1.82, 2.24) is 10.2 Å². The summed E-state index contributed by atoms with van der Waals surface area (Å²) in [6, 6.07) is 4.60. The van der Waals surface area contributed by atoms with Gasteiger partial charge in [-0.25, -0.2) is 4.39 Å². The van der Waals surface area contributed by atoms with Crippen molar-refractivity contribution in [2.75, 3.05) is 26.4 Å². The van der Waals surface area contributed by atoms with Crippen LogP contribution in [0.15, 0.2) is 18.2 Å². The van der Waals surface area contributed by atoms with Crippen LogP contribution in [-0.2, 0) is 4.79 Å². The number of rotatable bonds is 4. The third-order valence-electron chi connectivity index (χ3n) is 3.03. The van der Waals surface area contributed by atoms with Gasteiger partial charge in [-0.3, -0.25) is 9.59 Å². The summed E-state index contributed by atoms with van der Waals surface area (Å²) in [6.45, 7) is 0.214. The third kappa shape index (κ3) is 3.13. The van der Waals surface area contributed by atoms with E-state index in [1.807, 2.05) is 0 Å². The molecule has 5 nitrogen and oxygen atoms in total. The first kappa shape index (κ1) is 15.2. The number of halogens is 1. The highest BCUT2D eigenvalue weighted by atomic mass is 32.1. The van der Waals surface area contributed by atoms with E-state index in [9.17, 15) is 14.0 Å². The fraction of sp³-hybridized carbons (Fsp3) is 0.286. The Morgan fingerprint density at radius 2 is 2.10 bits per heavy atom. The topological polar surface area (TPSA) is 75.4 Å². The third-order valence-corrected chi connectivity index (χ3v) is 4.20. The highest BCUT2D eigenvalue weighted by Crippen LogP contribution is 2.35. The lowest BCUT2D eigenvalue weighted by atomic mass is 10.2. The number of nitrogens with zero attached hydrogens (tertiary/aromatic N) is 1. The molecule has 0 radical (unpaired) electrons. The van der Waals surface area contributed by atoms with Gasteiger partial charge < -0.3 is 16.0 Å². The largest absolute Gasteiger partial charge is 0.397 e. The van der Waals surface area contributed by atoms with Crippen molar-refractivity contribution in [3.63, 3.8) is 0 Å². The van der Waals surface area contributed by atoms with E-state index in [2.05, 4.69) is 5.32 Å². The van der Waals surface area contributed by atoms with E-state index in [1.165, 1.54) is 11.0 Å². The predicted octanol–water partition coefficient (Wildman–Crippen LogP) is 1.83. The van der Waals surface area contributed by atoms with E-state index in [4.69, 9.17) is 5.73 Å². The summed E-state index contributed by atoms with van der Waals surface area (Å²) in [4.78, 5) is 25.2.